The van der Waals surface area contributed by atoms with E-state index in [0.29, 0.717) is 18.8 Å². The number of aromatic nitrogens is 1. The van der Waals surface area contributed by atoms with E-state index in [4.69, 9.17) is 4.74 Å². The van der Waals surface area contributed by atoms with Crippen LogP contribution in [0, 0.1) is 5.82 Å². The maximum absolute atomic E-state index is 12.8. The summed E-state index contributed by atoms with van der Waals surface area (Å²) in [6.45, 7) is 2.86. The summed E-state index contributed by atoms with van der Waals surface area (Å²) >= 11 is 0. The summed E-state index contributed by atoms with van der Waals surface area (Å²) in [4.78, 5) is 20.2. The molecule has 1 saturated heterocycles. The van der Waals surface area contributed by atoms with Gasteiger partial charge in [-0.25, -0.2) is 4.39 Å². The molecule has 0 N–H and O–H groups in total. The van der Waals surface area contributed by atoms with E-state index >= 15 is 0 Å². The van der Waals surface area contributed by atoms with Gasteiger partial charge in [0, 0.05) is 44.3 Å². The standard InChI is InChI=1S/C17H18FN3O2/c18-14-1-3-16(4-2-14)23-13-17(22)21-11-9-20(10-12-21)15-5-7-19-8-6-15/h1-8H,9-13H2. The first-order chi connectivity index (χ1) is 11.2. The van der Waals surface area contributed by atoms with Crippen molar-refractivity contribution in [1.82, 2.24) is 9.88 Å². The fraction of sp³-hybridized carbons (Fsp3) is 0.294. The molecule has 120 valence electrons. The van der Waals surface area contributed by atoms with Crippen molar-refractivity contribution in [3.63, 3.8) is 0 Å². The van der Waals surface area contributed by atoms with E-state index in [9.17, 15) is 9.18 Å². The Kier molecular flexibility index (Phi) is 4.71. The normalized spacial score (nSPS) is 14.7. The number of hydrogen-bond donors (Lipinski definition) is 0. The van der Waals surface area contributed by atoms with Gasteiger partial charge in [0.1, 0.15) is 11.6 Å². The molecule has 0 aliphatic carbocycles. The van der Waals surface area contributed by atoms with Crippen LogP contribution in [-0.4, -0.2) is 48.6 Å². The Labute approximate surface area is 134 Å². The Morgan fingerprint density at radius 3 is 2.35 bits per heavy atom. The van der Waals surface area contributed by atoms with Crippen LogP contribution in [0.5, 0.6) is 5.75 Å². The molecule has 1 fully saturated rings. The zero-order valence-electron chi connectivity index (χ0n) is 12.7. The summed E-state index contributed by atoms with van der Waals surface area (Å²) < 4.78 is 18.2. The SMILES string of the molecule is O=C(COc1ccc(F)cc1)N1CCN(c2ccncc2)CC1. The first-order valence-electron chi connectivity index (χ1n) is 7.53. The van der Waals surface area contributed by atoms with Crippen LogP contribution in [0.1, 0.15) is 0 Å². The topological polar surface area (TPSA) is 45.7 Å². The molecule has 0 bridgehead atoms. The second kappa shape index (κ2) is 7.09. The Hall–Kier alpha value is -2.63. The average molecular weight is 315 g/mol. The van der Waals surface area contributed by atoms with Crippen LogP contribution in [0.3, 0.4) is 0 Å². The van der Waals surface area contributed by atoms with E-state index in [2.05, 4.69) is 9.88 Å². The predicted octanol–water partition coefficient (Wildman–Crippen LogP) is 1.95. The fourth-order valence-electron chi connectivity index (χ4n) is 2.54. The summed E-state index contributed by atoms with van der Waals surface area (Å²) in [6.07, 6.45) is 3.53. The van der Waals surface area contributed by atoms with Gasteiger partial charge in [-0.15, -0.1) is 0 Å². The van der Waals surface area contributed by atoms with Crippen molar-refractivity contribution in [3.8, 4) is 5.75 Å². The maximum Gasteiger partial charge on any atom is 0.260 e. The molecule has 2 aromatic rings. The monoisotopic (exact) mass is 315 g/mol. The number of rotatable bonds is 4. The highest BCUT2D eigenvalue weighted by Crippen LogP contribution is 2.15. The van der Waals surface area contributed by atoms with Gasteiger partial charge in [-0.2, -0.15) is 0 Å². The number of amides is 1. The van der Waals surface area contributed by atoms with E-state index in [1.807, 2.05) is 12.1 Å². The molecular weight excluding hydrogens is 297 g/mol. The number of anilines is 1. The van der Waals surface area contributed by atoms with Crippen LogP contribution in [0.2, 0.25) is 0 Å². The van der Waals surface area contributed by atoms with Crippen LogP contribution >= 0.6 is 0 Å². The quantitative estimate of drug-likeness (QED) is 0.865. The minimum Gasteiger partial charge on any atom is -0.484 e. The summed E-state index contributed by atoms with van der Waals surface area (Å²) in [5, 5.41) is 0. The van der Waals surface area contributed by atoms with E-state index < -0.39 is 0 Å². The van der Waals surface area contributed by atoms with Gasteiger partial charge < -0.3 is 14.5 Å². The molecule has 1 aromatic carbocycles. The number of hydrogen-bond acceptors (Lipinski definition) is 4. The van der Waals surface area contributed by atoms with Crippen LogP contribution in [-0.2, 0) is 4.79 Å². The van der Waals surface area contributed by atoms with Crippen molar-refractivity contribution in [3.05, 3.63) is 54.6 Å². The molecule has 1 aromatic heterocycles. The van der Waals surface area contributed by atoms with Gasteiger partial charge >= 0.3 is 0 Å². The first kappa shape index (κ1) is 15.3. The lowest BCUT2D eigenvalue weighted by Crippen LogP contribution is -2.50. The zero-order valence-corrected chi connectivity index (χ0v) is 12.7. The molecule has 0 unspecified atom stereocenters. The van der Waals surface area contributed by atoms with E-state index in [1.165, 1.54) is 24.3 Å². The average Bonchev–Trinajstić information content (AvgIpc) is 2.62. The van der Waals surface area contributed by atoms with Gasteiger partial charge in [0.15, 0.2) is 6.61 Å². The molecule has 0 atom stereocenters. The van der Waals surface area contributed by atoms with Gasteiger partial charge in [0.25, 0.3) is 5.91 Å². The number of carbonyl (C=O) groups is 1. The molecule has 5 nitrogen and oxygen atoms in total. The first-order valence-corrected chi connectivity index (χ1v) is 7.53. The Balaban J connectivity index is 1.47. The number of piperazine rings is 1. The van der Waals surface area contributed by atoms with Crippen molar-refractivity contribution in [1.29, 1.82) is 0 Å². The molecule has 1 aliphatic rings. The smallest absolute Gasteiger partial charge is 0.260 e. The molecular formula is C17H18FN3O2. The Morgan fingerprint density at radius 1 is 1.04 bits per heavy atom. The second-order valence-corrected chi connectivity index (χ2v) is 5.32. The third-order valence-corrected chi connectivity index (χ3v) is 3.84. The largest absolute Gasteiger partial charge is 0.484 e. The third kappa shape index (κ3) is 3.97. The van der Waals surface area contributed by atoms with Crippen LogP contribution in [0.4, 0.5) is 10.1 Å². The van der Waals surface area contributed by atoms with E-state index in [-0.39, 0.29) is 18.3 Å². The molecule has 23 heavy (non-hydrogen) atoms. The van der Waals surface area contributed by atoms with Gasteiger partial charge in [0.2, 0.25) is 0 Å². The van der Waals surface area contributed by atoms with Gasteiger partial charge in [0.05, 0.1) is 0 Å². The number of carbonyl (C=O) groups excluding carboxylic acids is 1. The second-order valence-electron chi connectivity index (χ2n) is 5.32. The van der Waals surface area contributed by atoms with Gasteiger partial charge in [-0.05, 0) is 36.4 Å². The molecule has 0 spiro atoms. The number of pyridine rings is 1. The van der Waals surface area contributed by atoms with Gasteiger partial charge in [-0.1, -0.05) is 0 Å². The Morgan fingerprint density at radius 2 is 1.70 bits per heavy atom. The predicted molar refractivity (Wildman–Crippen MR) is 84.9 cm³/mol. The number of nitrogens with zero attached hydrogens (tertiary/aromatic N) is 3. The lowest BCUT2D eigenvalue weighted by molar-refractivity contribution is -0.133. The van der Waals surface area contributed by atoms with E-state index in [0.717, 1.165) is 18.8 Å². The third-order valence-electron chi connectivity index (χ3n) is 3.84. The number of benzene rings is 1. The minimum atomic E-state index is -0.323. The highest BCUT2D eigenvalue weighted by molar-refractivity contribution is 5.78. The lowest BCUT2D eigenvalue weighted by Gasteiger charge is -2.36. The molecule has 1 amide bonds. The molecule has 0 radical (unpaired) electrons. The number of ether oxygens (including phenoxy) is 1. The number of halogens is 1. The van der Waals surface area contributed by atoms with Crippen LogP contribution < -0.4 is 9.64 Å². The van der Waals surface area contributed by atoms with Crippen molar-refractivity contribution in [2.45, 2.75) is 0 Å². The van der Waals surface area contributed by atoms with Crippen LogP contribution in [0.15, 0.2) is 48.8 Å². The maximum atomic E-state index is 12.8. The Bertz CT molecular complexity index is 641. The molecule has 0 saturated carbocycles. The molecule has 6 heteroatoms. The van der Waals surface area contributed by atoms with Crippen molar-refractivity contribution < 1.29 is 13.9 Å². The molecule has 3 rings (SSSR count). The van der Waals surface area contributed by atoms with Crippen LogP contribution in [0.25, 0.3) is 0 Å². The zero-order chi connectivity index (χ0) is 16.1. The lowest BCUT2D eigenvalue weighted by atomic mass is 10.2. The fourth-order valence-corrected chi connectivity index (χ4v) is 2.54. The van der Waals surface area contributed by atoms with E-state index in [1.54, 1.807) is 17.3 Å². The summed E-state index contributed by atoms with van der Waals surface area (Å²) in [7, 11) is 0. The highest BCUT2D eigenvalue weighted by Gasteiger charge is 2.21. The van der Waals surface area contributed by atoms with Crippen molar-refractivity contribution in [2.24, 2.45) is 0 Å². The van der Waals surface area contributed by atoms with Crippen molar-refractivity contribution >= 4 is 11.6 Å². The van der Waals surface area contributed by atoms with Gasteiger partial charge in [-0.3, -0.25) is 9.78 Å². The van der Waals surface area contributed by atoms with Crippen molar-refractivity contribution in [2.75, 3.05) is 37.7 Å². The molecule has 1 aliphatic heterocycles. The minimum absolute atomic E-state index is 0.0269. The summed E-state index contributed by atoms with van der Waals surface area (Å²) in [6, 6.07) is 9.60. The summed E-state index contributed by atoms with van der Waals surface area (Å²) in [5.41, 5.74) is 1.12. The molecule has 2 heterocycles. The highest BCUT2D eigenvalue weighted by atomic mass is 19.1. The summed E-state index contributed by atoms with van der Waals surface area (Å²) in [5.74, 6) is 0.120.